The molecule has 1 saturated heterocycles. The first kappa shape index (κ1) is 22.4. The van der Waals surface area contributed by atoms with Crippen molar-refractivity contribution in [3.8, 4) is 0 Å². The molecule has 5 rings (SSSR count). The molecule has 1 spiro atoms. The normalized spacial score (nSPS) is 17.1. The maximum absolute atomic E-state index is 13.3. The summed E-state index contributed by atoms with van der Waals surface area (Å²) in [6, 6.07) is 10.9. The van der Waals surface area contributed by atoms with Crippen LogP contribution >= 0.6 is 0 Å². The Hall–Kier alpha value is -3.35. The van der Waals surface area contributed by atoms with Gasteiger partial charge in [0.15, 0.2) is 0 Å². The van der Waals surface area contributed by atoms with E-state index in [2.05, 4.69) is 16.3 Å². The average molecular weight is 461 g/mol. The van der Waals surface area contributed by atoms with Crippen molar-refractivity contribution in [1.29, 1.82) is 0 Å². The number of anilines is 2. The van der Waals surface area contributed by atoms with Crippen molar-refractivity contribution in [1.82, 2.24) is 9.55 Å². The van der Waals surface area contributed by atoms with Crippen LogP contribution < -0.4 is 15.8 Å². The number of nitrogens with zero attached hydrogens (tertiary/aromatic N) is 3. The summed E-state index contributed by atoms with van der Waals surface area (Å²) in [6.45, 7) is 4.49. The van der Waals surface area contributed by atoms with Gasteiger partial charge < -0.3 is 15.3 Å². The highest BCUT2D eigenvalue weighted by atomic mass is 16.4. The number of carboxylic acid groups (broad SMARTS) is 1. The van der Waals surface area contributed by atoms with Crippen molar-refractivity contribution in [3.05, 3.63) is 63.4 Å². The SMILES string of the molecule is Cc1cc(CCNc2ccccc2C(=O)O)c2nc(N3CC4(CCCCC4)C3)n(C)c(=O)c2c1. The molecule has 1 saturated carbocycles. The highest BCUT2D eigenvalue weighted by Crippen LogP contribution is 2.45. The lowest BCUT2D eigenvalue weighted by molar-refractivity contribution is 0.0698. The van der Waals surface area contributed by atoms with Gasteiger partial charge in [-0.3, -0.25) is 9.36 Å². The quantitative estimate of drug-likeness (QED) is 0.568. The van der Waals surface area contributed by atoms with Crippen LogP contribution in [0.4, 0.5) is 11.6 Å². The number of aromatic nitrogens is 2. The number of carbonyl (C=O) groups is 1. The lowest BCUT2D eigenvalue weighted by Crippen LogP contribution is -2.58. The molecule has 2 aliphatic rings. The fourth-order valence-electron chi connectivity index (χ4n) is 5.75. The summed E-state index contributed by atoms with van der Waals surface area (Å²) in [4.78, 5) is 32.1. The Morgan fingerprint density at radius 1 is 1.15 bits per heavy atom. The van der Waals surface area contributed by atoms with Crippen LogP contribution in [0.1, 0.15) is 53.6 Å². The van der Waals surface area contributed by atoms with Gasteiger partial charge in [-0.2, -0.15) is 0 Å². The van der Waals surface area contributed by atoms with Gasteiger partial charge in [-0.1, -0.05) is 37.5 Å². The predicted molar refractivity (Wildman–Crippen MR) is 135 cm³/mol. The molecule has 7 nitrogen and oxygen atoms in total. The van der Waals surface area contributed by atoms with Crippen LogP contribution in [-0.4, -0.2) is 40.3 Å². The van der Waals surface area contributed by atoms with Crippen LogP contribution in [0.25, 0.3) is 10.9 Å². The smallest absolute Gasteiger partial charge is 0.337 e. The standard InChI is InChI=1S/C27H32N4O3/c1-18-14-19(10-13-28-22-9-5-4-8-20(22)25(33)34)23-21(15-18)24(32)30(2)26(29-23)31-16-27(17-31)11-6-3-7-12-27/h4-5,8-9,14-15,28H,3,6-7,10-13,16-17H2,1-2H3,(H,33,34). The van der Waals surface area contributed by atoms with Gasteiger partial charge in [-0.05, 0) is 55.5 Å². The number of fused-ring (bicyclic) bond motifs is 1. The second-order valence-corrected chi connectivity index (χ2v) is 10.0. The molecule has 3 aromatic rings. The third-order valence-electron chi connectivity index (χ3n) is 7.50. The molecule has 34 heavy (non-hydrogen) atoms. The van der Waals surface area contributed by atoms with E-state index in [0.29, 0.717) is 29.5 Å². The Bertz CT molecular complexity index is 1300. The van der Waals surface area contributed by atoms with Gasteiger partial charge >= 0.3 is 5.97 Å². The molecule has 2 heterocycles. The average Bonchev–Trinajstić information content (AvgIpc) is 2.81. The van der Waals surface area contributed by atoms with E-state index in [1.54, 1.807) is 22.8 Å². The Kier molecular flexibility index (Phi) is 5.80. The summed E-state index contributed by atoms with van der Waals surface area (Å²) < 4.78 is 1.70. The first-order valence-corrected chi connectivity index (χ1v) is 12.2. The molecule has 2 aromatic carbocycles. The molecule has 178 valence electrons. The Labute approximate surface area is 199 Å². The number of aromatic carboxylic acids is 1. The van der Waals surface area contributed by atoms with E-state index in [4.69, 9.17) is 4.98 Å². The maximum atomic E-state index is 13.3. The maximum Gasteiger partial charge on any atom is 0.337 e. The topological polar surface area (TPSA) is 87.5 Å². The van der Waals surface area contributed by atoms with Crippen LogP contribution in [-0.2, 0) is 13.5 Å². The second kappa shape index (κ2) is 8.78. The third-order valence-corrected chi connectivity index (χ3v) is 7.50. The molecular formula is C27H32N4O3. The van der Waals surface area contributed by atoms with Crippen molar-refractivity contribution in [2.75, 3.05) is 29.9 Å². The first-order valence-electron chi connectivity index (χ1n) is 12.2. The van der Waals surface area contributed by atoms with Gasteiger partial charge in [-0.25, -0.2) is 9.78 Å². The molecule has 1 aromatic heterocycles. The van der Waals surface area contributed by atoms with Crippen molar-refractivity contribution >= 4 is 28.5 Å². The number of carboxylic acids is 1. The van der Waals surface area contributed by atoms with Gasteiger partial charge in [0.05, 0.1) is 16.5 Å². The van der Waals surface area contributed by atoms with E-state index >= 15 is 0 Å². The number of nitrogens with one attached hydrogen (secondary N) is 1. The largest absolute Gasteiger partial charge is 0.478 e. The lowest BCUT2D eigenvalue weighted by Gasteiger charge is -2.53. The number of aryl methyl sites for hydroxylation is 1. The molecule has 0 radical (unpaired) electrons. The van der Waals surface area contributed by atoms with Crippen LogP contribution in [0, 0.1) is 12.3 Å². The van der Waals surface area contributed by atoms with Crippen LogP contribution in [0.5, 0.6) is 0 Å². The number of para-hydroxylation sites is 1. The minimum atomic E-state index is -0.954. The highest BCUT2D eigenvalue weighted by molar-refractivity contribution is 5.94. The van der Waals surface area contributed by atoms with Crippen molar-refractivity contribution < 1.29 is 9.90 Å². The molecule has 0 bridgehead atoms. The summed E-state index contributed by atoms with van der Waals surface area (Å²) in [5, 5.41) is 13.3. The molecule has 1 aliphatic carbocycles. The zero-order chi connectivity index (χ0) is 23.9. The molecule has 1 aliphatic heterocycles. The van der Waals surface area contributed by atoms with E-state index in [-0.39, 0.29) is 11.1 Å². The molecule has 2 fully saturated rings. The molecular weight excluding hydrogens is 428 g/mol. The Morgan fingerprint density at radius 3 is 2.62 bits per heavy atom. The van der Waals surface area contributed by atoms with E-state index in [1.807, 2.05) is 26.1 Å². The van der Waals surface area contributed by atoms with Crippen molar-refractivity contribution in [2.24, 2.45) is 12.5 Å². The van der Waals surface area contributed by atoms with E-state index in [9.17, 15) is 14.7 Å². The number of benzene rings is 2. The highest BCUT2D eigenvalue weighted by Gasteiger charge is 2.44. The second-order valence-electron chi connectivity index (χ2n) is 10.0. The number of rotatable bonds is 6. The lowest BCUT2D eigenvalue weighted by atomic mass is 9.69. The minimum absolute atomic E-state index is 0.0151. The summed E-state index contributed by atoms with van der Waals surface area (Å²) in [7, 11) is 1.82. The van der Waals surface area contributed by atoms with E-state index in [0.717, 1.165) is 35.7 Å². The Balaban J connectivity index is 1.42. The minimum Gasteiger partial charge on any atom is -0.478 e. The van der Waals surface area contributed by atoms with Gasteiger partial charge in [-0.15, -0.1) is 0 Å². The number of hydrogen-bond acceptors (Lipinski definition) is 5. The monoisotopic (exact) mass is 460 g/mol. The summed E-state index contributed by atoms with van der Waals surface area (Å²) in [5.41, 5.74) is 4.01. The van der Waals surface area contributed by atoms with Gasteiger partial charge in [0, 0.05) is 37.8 Å². The molecule has 0 atom stereocenters. The van der Waals surface area contributed by atoms with Crippen LogP contribution in [0.15, 0.2) is 41.2 Å². The molecule has 0 unspecified atom stereocenters. The predicted octanol–water partition coefficient (Wildman–Crippen LogP) is 4.37. The van der Waals surface area contributed by atoms with Gasteiger partial charge in [0.25, 0.3) is 5.56 Å². The van der Waals surface area contributed by atoms with Crippen molar-refractivity contribution in [3.63, 3.8) is 0 Å². The fourth-order valence-corrected chi connectivity index (χ4v) is 5.75. The molecule has 0 amide bonds. The van der Waals surface area contributed by atoms with Crippen LogP contribution in [0.2, 0.25) is 0 Å². The Morgan fingerprint density at radius 2 is 1.88 bits per heavy atom. The van der Waals surface area contributed by atoms with E-state index < -0.39 is 5.97 Å². The summed E-state index contributed by atoms with van der Waals surface area (Å²) in [6.07, 6.45) is 7.13. The zero-order valence-corrected chi connectivity index (χ0v) is 19.9. The fraction of sp³-hybridized carbons (Fsp3) is 0.444. The van der Waals surface area contributed by atoms with E-state index in [1.165, 1.54) is 32.1 Å². The van der Waals surface area contributed by atoms with Crippen LogP contribution in [0.3, 0.4) is 0 Å². The summed E-state index contributed by atoms with van der Waals surface area (Å²) >= 11 is 0. The zero-order valence-electron chi connectivity index (χ0n) is 19.9. The molecule has 2 N–H and O–H groups in total. The van der Waals surface area contributed by atoms with Gasteiger partial charge in [0.1, 0.15) is 0 Å². The first-order chi connectivity index (χ1) is 16.4. The molecule has 7 heteroatoms. The third kappa shape index (κ3) is 4.04. The number of hydrogen-bond donors (Lipinski definition) is 2. The van der Waals surface area contributed by atoms with Crippen molar-refractivity contribution in [2.45, 2.75) is 45.4 Å². The van der Waals surface area contributed by atoms with Gasteiger partial charge in [0.2, 0.25) is 5.95 Å². The summed E-state index contributed by atoms with van der Waals surface area (Å²) in [5.74, 6) is -0.202.